The van der Waals surface area contributed by atoms with Crippen molar-refractivity contribution in [3.05, 3.63) is 90.1 Å². The minimum Gasteiger partial charge on any atom is -0.342 e. The van der Waals surface area contributed by atoms with Crippen LogP contribution >= 0.6 is 0 Å². The molecule has 1 atom stereocenters. The lowest BCUT2D eigenvalue weighted by Gasteiger charge is -2.18. The molecule has 0 aliphatic rings. The van der Waals surface area contributed by atoms with Crippen molar-refractivity contribution >= 4 is 5.91 Å². The second kappa shape index (κ2) is 8.05. The fraction of sp³-hybridized carbons (Fsp3) is 0.143. The highest BCUT2D eigenvalue weighted by molar-refractivity contribution is 5.94. The zero-order chi connectivity index (χ0) is 20.2. The zero-order valence-corrected chi connectivity index (χ0v) is 15.7. The molecule has 0 spiro atoms. The second-order valence-corrected chi connectivity index (χ2v) is 6.57. The van der Waals surface area contributed by atoms with Gasteiger partial charge in [-0.1, -0.05) is 30.3 Å². The molecule has 8 heteroatoms. The van der Waals surface area contributed by atoms with Crippen LogP contribution in [0.15, 0.2) is 73.1 Å². The molecule has 2 aromatic heterocycles. The summed E-state index contributed by atoms with van der Waals surface area (Å²) in [6, 6.07) is 17.0. The number of benzene rings is 2. The molecule has 2 heterocycles. The van der Waals surface area contributed by atoms with Crippen LogP contribution in [0, 0.1) is 5.82 Å². The van der Waals surface area contributed by atoms with Crippen LogP contribution in [0.25, 0.3) is 11.3 Å². The lowest BCUT2D eigenvalue weighted by Crippen LogP contribution is -2.33. The van der Waals surface area contributed by atoms with E-state index in [9.17, 15) is 9.18 Å². The minimum absolute atomic E-state index is 0.269. The van der Waals surface area contributed by atoms with Crippen molar-refractivity contribution in [3.8, 4) is 11.3 Å². The minimum atomic E-state index is -0.319. The van der Waals surface area contributed by atoms with Gasteiger partial charge in [0.05, 0.1) is 30.7 Å². The molecule has 4 rings (SSSR count). The summed E-state index contributed by atoms with van der Waals surface area (Å²) >= 11 is 0. The standard InChI is InChI=1S/C21H19FN6O/c1-27-20(13-18(26-27)16-7-9-17(22)10-8-16)21(29)25-19(14-28-23-11-12-24-28)15-5-3-2-4-6-15/h2-13,19H,14H2,1H3,(H,25,29). The van der Waals surface area contributed by atoms with E-state index in [2.05, 4.69) is 20.6 Å². The van der Waals surface area contributed by atoms with Gasteiger partial charge in [-0.3, -0.25) is 9.48 Å². The summed E-state index contributed by atoms with van der Waals surface area (Å²) in [5, 5.41) is 15.7. The van der Waals surface area contributed by atoms with E-state index in [4.69, 9.17) is 0 Å². The fourth-order valence-corrected chi connectivity index (χ4v) is 3.09. The van der Waals surface area contributed by atoms with Crippen LogP contribution in [0.2, 0.25) is 0 Å². The number of hydrogen-bond donors (Lipinski definition) is 1. The van der Waals surface area contributed by atoms with E-state index in [1.54, 1.807) is 37.6 Å². The molecule has 0 aliphatic heterocycles. The van der Waals surface area contributed by atoms with E-state index < -0.39 is 0 Å². The molecular weight excluding hydrogens is 371 g/mol. The molecular formula is C21H19FN6O. The molecule has 0 aliphatic carbocycles. The van der Waals surface area contributed by atoms with Crippen molar-refractivity contribution < 1.29 is 9.18 Å². The smallest absolute Gasteiger partial charge is 0.270 e. The van der Waals surface area contributed by atoms with Gasteiger partial charge in [0.1, 0.15) is 11.5 Å². The van der Waals surface area contributed by atoms with Crippen LogP contribution in [-0.2, 0) is 13.6 Å². The number of nitrogens with one attached hydrogen (secondary N) is 1. The maximum atomic E-state index is 13.2. The molecule has 0 saturated carbocycles. The summed E-state index contributed by atoms with van der Waals surface area (Å²) in [5.74, 6) is -0.588. The quantitative estimate of drug-likeness (QED) is 0.549. The van der Waals surface area contributed by atoms with Crippen molar-refractivity contribution in [2.45, 2.75) is 12.6 Å². The van der Waals surface area contributed by atoms with Crippen LogP contribution < -0.4 is 5.32 Å². The Morgan fingerprint density at radius 2 is 1.76 bits per heavy atom. The molecule has 0 saturated heterocycles. The van der Waals surface area contributed by atoms with E-state index in [1.165, 1.54) is 21.6 Å². The Labute approximate surface area is 166 Å². The van der Waals surface area contributed by atoms with E-state index in [0.717, 1.165) is 11.1 Å². The van der Waals surface area contributed by atoms with Crippen LogP contribution in [-0.4, -0.2) is 30.7 Å². The topological polar surface area (TPSA) is 77.6 Å². The van der Waals surface area contributed by atoms with Gasteiger partial charge >= 0.3 is 0 Å². The monoisotopic (exact) mass is 390 g/mol. The highest BCUT2D eigenvalue weighted by Gasteiger charge is 2.20. The molecule has 1 unspecified atom stereocenters. The Bertz CT molecular complexity index is 1090. The third kappa shape index (κ3) is 4.21. The molecule has 0 fully saturated rings. The molecule has 1 amide bonds. The van der Waals surface area contributed by atoms with E-state index in [-0.39, 0.29) is 17.8 Å². The van der Waals surface area contributed by atoms with Gasteiger partial charge in [-0.25, -0.2) is 4.39 Å². The van der Waals surface area contributed by atoms with Gasteiger partial charge in [-0.05, 0) is 35.9 Å². The van der Waals surface area contributed by atoms with Crippen molar-refractivity contribution in [1.29, 1.82) is 0 Å². The summed E-state index contributed by atoms with van der Waals surface area (Å²) in [5.41, 5.74) is 2.68. The number of rotatable bonds is 6. The van der Waals surface area contributed by atoms with Crippen molar-refractivity contribution in [2.24, 2.45) is 7.05 Å². The molecule has 0 bridgehead atoms. The lowest BCUT2D eigenvalue weighted by molar-refractivity contribution is 0.0921. The first-order chi connectivity index (χ1) is 14.1. The van der Waals surface area contributed by atoms with Crippen LogP contribution in [0.5, 0.6) is 0 Å². The molecule has 4 aromatic rings. The molecule has 29 heavy (non-hydrogen) atoms. The van der Waals surface area contributed by atoms with Gasteiger partial charge in [0.25, 0.3) is 5.91 Å². The first kappa shape index (κ1) is 18.5. The van der Waals surface area contributed by atoms with Crippen molar-refractivity contribution in [3.63, 3.8) is 0 Å². The lowest BCUT2D eigenvalue weighted by atomic mass is 10.1. The molecule has 7 nitrogen and oxygen atoms in total. The number of aryl methyl sites for hydroxylation is 1. The largest absolute Gasteiger partial charge is 0.342 e. The Morgan fingerprint density at radius 1 is 1.07 bits per heavy atom. The maximum Gasteiger partial charge on any atom is 0.270 e. The number of halogens is 1. The van der Waals surface area contributed by atoms with Crippen molar-refractivity contribution in [2.75, 3.05) is 0 Å². The third-order valence-electron chi connectivity index (χ3n) is 4.57. The highest BCUT2D eigenvalue weighted by atomic mass is 19.1. The van der Waals surface area contributed by atoms with Crippen LogP contribution in [0.4, 0.5) is 4.39 Å². The van der Waals surface area contributed by atoms with Gasteiger partial charge in [-0.2, -0.15) is 20.1 Å². The van der Waals surface area contributed by atoms with Gasteiger partial charge < -0.3 is 5.32 Å². The summed E-state index contributed by atoms with van der Waals surface area (Å²) < 4.78 is 14.7. The predicted molar refractivity (Wildman–Crippen MR) is 105 cm³/mol. The number of amides is 1. The van der Waals surface area contributed by atoms with E-state index in [0.29, 0.717) is 17.9 Å². The molecule has 1 N–H and O–H groups in total. The Kier molecular flexibility index (Phi) is 5.15. The van der Waals surface area contributed by atoms with Crippen molar-refractivity contribution in [1.82, 2.24) is 30.1 Å². The summed E-state index contributed by atoms with van der Waals surface area (Å²) in [6.45, 7) is 0.394. The average molecular weight is 390 g/mol. The van der Waals surface area contributed by atoms with Crippen LogP contribution in [0.3, 0.4) is 0 Å². The predicted octanol–water partition coefficient (Wildman–Crippen LogP) is 2.99. The number of aromatic nitrogens is 5. The van der Waals surface area contributed by atoms with E-state index in [1.807, 2.05) is 30.3 Å². The molecule has 2 aromatic carbocycles. The fourth-order valence-electron chi connectivity index (χ4n) is 3.09. The first-order valence-corrected chi connectivity index (χ1v) is 9.10. The number of carbonyl (C=O) groups is 1. The zero-order valence-electron chi connectivity index (χ0n) is 15.7. The number of carbonyl (C=O) groups excluding carboxylic acids is 1. The highest BCUT2D eigenvalue weighted by Crippen LogP contribution is 2.20. The average Bonchev–Trinajstić information content (AvgIpc) is 3.38. The van der Waals surface area contributed by atoms with Gasteiger partial charge in [0.2, 0.25) is 0 Å². The third-order valence-corrected chi connectivity index (χ3v) is 4.57. The number of hydrogen-bond acceptors (Lipinski definition) is 4. The van der Waals surface area contributed by atoms with Gasteiger partial charge in [-0.15, -0.1) is 0 Å². The van der Waals surface area contributed by atoms with Gasteiger partial charge in [0.15, 0.2) is 0 Å². The van der Waals surface area contributed by atoms with Gasteiger partial charge in [0, 0.05) is 12.6 Å². The Hall–Kier alpha value is -3.81. The van der Waals surface area contributed by atoms with E-state index >= 15 is 0 Å². The normalized spacial score (nSPS) is 11.9. The summed E-state index contributed by atoms with van der Waals surface area (Å²) in [7, 11) is 1.70. The summed E-state index contributed by atoms with van der Waals surface area (Å²) in [6.07, 6.45) is 3.19. The number of nitrogens with zero attached hydrogens (tertiary/aromatic N) is 5. The second-order valence-electron chi connectivity index (χ2n) is 6.57. The Morgan fingerprint density at radius 3 is 2.45 bits per heavy atom. The summed E-state index contributed by atoms with van der Waals surface area (Å²) in [4.78, 5) is 14.5. The molecule has 0 radical (unpaired) electrons. The maximum absolute atomic E-state index is 13.2. The molecule has 146 valence electrons. The SMILES string of the molecule is Cn1nc(-c2ccc(F)cc2)cc1C(=O)NC(Cn1nccn1)c1ccccc1. The van der Waals surface area contributed by atoms with Crippen LogP contribution in [0.1, 0.15) is 22.1 Å². The Balaban J connectivity index is 1.58. The first-order valence-electron chi connectivity index (χ1n) is 9.10.